The number of amides is 2. The fourth-order valence-electron chi connectivity index (χ4n) is 5.49. The van der Waals surface area contributed by atoms with E-state index in [4.69, 9.17) is 0 Å². The maximum Gasteiger partial charge on any atom is 0.319 e. The number of nitrogens with zero attached hydrogens (tertiary/aromatic N) is 5. The number of urea groups is 1. The fourth-order valence-corrected chi connectivity index (χ4v) is 5.49. The molecular formula is C24H33N7O. The van der Waals surface area contributed by atoms with Gasteiger partial charge in [0.05, 0.1) is 0 Å². The Morgan fingerprint density at radius 3 is 2.50 bits per heavy atom. The number of nitrogens with one attached hydrogen (secondary N) is 2. The summed E-state index contributed by atoms with van der Waals surface area (Å²) in [5.74, 6) is 2.35. The number of benzene rings is 1. The molecule has 0 radical (unpaired) electrons. The lowest BCUT2D eigenvalue weighted by Crippen LogP contribution is -2.59. The summed E-state index contributed by atoms with van der Waals surface area (Å²) in [5.41, 5.74) is 0.828. The van der Waals surface area contributed by atoms with Crippen molar-refractivity contribution in [3.8, 4) is 0 Å². The first-order chi connectivity index (χ1) is 15.7. The summed E-state index contributed by atoms with van der Waals surface area (Å²) in [7, 11) is 0. The number of para-hydroxylation sites is 1. The molecule has 4 saturated heterocycles. The van der Waals surface area contributed by atoms with Crippen LogP contribution in [0.1, 0.15) is 12.8 Å². The largest absolute Gasteiger partial charge is 0.338 e. The highest BCUT2D eigenvalue weighted by molar-refractivity contribution is 5.89. The summed E-state index contributed by atoms with van der Waals surface area (Å²) < 4.78 is 0. The van der Waals surface area contributed by atoms with E-state index < -0.39 is 0 Å². The summed E-state index contributed by atoms with van der Waals surface area (Å²) in [6.45, 7) is 8.35. The van der Waals surface area contributed by atoms with E-state index in [1.54, 1.807) is 0 Å². The van der Waals surface area contributed by atoms with Gasteiger partial charge >= 0.3 is 6.03 Å². The van der Waals surface area contributed by atoms with E-state index in [1.807, 2.05) is 48.8 Å². The first-order valence-corrected chi connectivity index (χ1v) is 11.8. The number of carbonyl (C=O) groups excluding carboxylic acids is 1. The zero-order chi connectivity index (χ0) is 21.8. The van der Waals surface area contributed by atoms with E-state index in [9.17, 15) is 4.79 Å². The van der Waals surface area contributed by atoms with E-state index >= 15 is 0 Å². The van der Waals surface area contributed by atoms with Gasteiger partial charge in [0.25, 0.3) is 0 Å². The number of hydrogen-bond acceptors (Lipinski definition) is 6. The average Bonchev–Trinajstić information content (AvgIpc) is 2.85. The van der Waals surface area contributed by atoms with Crippen LogP contribution in [0.4, 0.5) is 16.4 Å². The van der Waals surface area contributed by atoms with E-state index in [0.717, 1.165) is 69.3 Å². The molecule has 6 rings (SSSR count). The number of piperidine rings is 3. The zero-order valence-electron chi connectivity index (χ0n) is 18.6. The number of piperazine rings is 1. The second-order valence-corrected chi connectivity index (χ2v) is 9.23. The van der Waals surface area contributed by atoms with Crippen LogP contribution in [0.5, 0.6) is 0 Å². The number of fused-ring (bicyclic) bond motifs is 3. The molecule has 2 amide bonds. The van der Waals surface area contributed by atoms with Crippen molar-refractivity contribution in [2.24, 2.45) is 11.8 Å². The van der Waals surface area contributed by atoms with Gasteiger partial charge in [-0.2, -0.15) is 0 Å². The van der Waals surface area contributed by atoms with E-state index in [0.29, 0.717) is 6.04 Å². The first-order valence-electron chi connectivity index (χ1n) is 11.8. The highest BCUT2D eigenvalue weighted by Crippen LogP contribution is 2.36. The van der Waals surface area contributed by atoms with Crippen molar-refractivity contribution >= 4 is 17.7 Å². The molecule has 2 bridgehead atoms. The summed E-state index contributed by atoms with van der Waals surface area (Å²) in [5, 5.41) is 6.00. The number of anilines is 2. The Kier molecular flexibility index (Phi) is 6.50. The van der Waals surface area contributed by atoms with E-state index in [2.05, 4.69) is 35.3 Å². The molecule has 4 fully saturated rings. The van der Waals surface area contributed by atoms with Crippen LogP contribution in [0, 0.1) is 11.8 Å². The van der Waals surface area contributed by atoms with Gasteiger partial charge in [0.1, 0.15) is 0 Å². The zero-order valence-corrected chi connectivity index (χ0v) is 18.6. The molecule has 4 aliphatic rings. The maximum absolute atomic E-state index is 12.3. The number of aromatic nitrogens is 2. The maximum atomic E-state index is 12.3. The molecule has 8 heteroatoms. The molecule has 1 aromatic heterocycles. The van der Waals surface area contributed by atoms with Crippen LogP contribution in [0.3, 0.4) is 0 Å². The highest BCUT2D eigenvalue weighted by atomic mass is 16.2. The van der Waals surface area contributed by atoms with Gasteiger partial charge in [-0.05, 0) is 49.4 Å². The minimum atomic E-state index is -0.115. The molecule has 32 heavy (non-hydrogen) atoms. The van der Waals surface area contributed by atoms with Crippen molar-refractivity contribution in [2.45, 2.75) is 18.9 Å². The minimum Gasteiger partial charge on any atom is -0.338 e. The first kappa shape index (κ1) is 21.2. The Bertz CT molecular complexity index is 872. The smallest absolute Gasteiger partial charge is 0.319 e. The van der Waals surface area contributed by atoms with Gasteiger partial charge in [-0.3, -0.25) is 9.80 Å². The van der Waals surface area contributed by atoms with Crippen LogP contribution in [0.15, 0.2) is 48.8 Å². The lowest BCUT2D eigenvalue weighted by Gasteiger charge is -2.51. The third kappa shape index (κ3) is 5.02. The Morgan fingerprint density at radius 1 is 1.00 bits per heavy atom. The topological polar surface area (TPSA) is 76.6 Å². The molecule has 1 aromatic carbocycles. The molecule has 8 nitrogen and oxygen atoms in total. The minimum absolute atomic E-state index is 0.115. The van der Waals surface area contributed by atoms with E-state index in [1.165, 1.54) is 19.4 Å². The van der Waals surface area contributed by atoms with Crippen molar-refractivity contribution < 1.29 is 4.79 Å². The molecule has 4 atom stereocenters. The number of carbonyl (C=O) groups is 1. The quantitative estimate of drug-likeness (QED) is 0.724. The summed E-state index contributed by atoms with van der Waals surface area (Å²) in [6.07, 6.45) is 6.11. The molecule has 0 spiro atoms. The van der Waals surface area contributed by atoms with Crippen LogP contribution >= 0.6 is 0 Å². The highest BCUT2D eigenvalue weighted by Gasteiger charge is 2.40. The van der Waals surface area contributed by atoms with Crippen molar-refractivity contribution in [3.63, 3.8) is 0 Å². The van der Waals surface area contributed by atoms with Gasteiger partial charge in [-0.25, -0.2) is 14.8 Å². The molecular weight excluding hydrogens is 402 g/mol. The molecule has 1 unspecified atom stereocenters. The number of hydrogen-bond donors (Lipinski definition) is 2. The summed E-state index contributed by atoms with van der Waals surface area (Å²) >= 11 is 0. The van der Waals surface area contributed by atoms with Crippen LogP contribution in [-0.4, -0.2) is 84.2 Å². The van der Waals surface area contributed by atoms with Crippen molar-refractivity contribution in [2.75, 3.05) is 62.6 Å². The van der Waals surface area contributed by atoms with Crippen LogP contribution < -0.4 is 15.5 Å². The molecule has 4 aliphatic heterocycles. The predicted octanol–water partition coefficient (Wildman–Crippen LogP) is 2.13. The standard InChI is InChI=1S/C24H33N7O/c32-24(28-21-5-2-1-3-6-21)27-16-22-15-19-7-10-31(22)18-20(19)17-29-11-13-30(14-12-29)23-25-8-4-9-26-23/h1-6,8-9,19-20,22H,7,10-18H2,(H2,27,28,32)/t19-,20-,22+/m0/s1. The van der Waals surface area contributed by atoms with E-state index in [-0.39, 0.29) is 6.03 Å². The van der Waals surface area contributed by atoms with Crippen molar-refractivity contribution in [1.29, 1.82) is 0 Å². The molecule has 170 valence electrons. The van der Waals surface area contributed by atoms with Crippen molar-refractivity contribution in [1.82, 2.24) is 25.1 Å². The third-order valence-corrected chi connectivity index (χ3v) is 7.24. The molecule has 0 aliphatic carbocycles. The van der Waals surface area contributed by atoms with Gasteiger partial charge < -0.3 is 15.5 Å². The van der Waals surface area contributed by atoms with Gasteiger partial charge in [-0.15, -0.1) is 0 Å². The van der Waals surface area contributed by atoms with Gasteiger partial charge in [0, 0.05) is 69.9 Å². The summed E-state index contributed by atoms with van der Waals surface area (Å²) in [4.78, 5) is 28.5. The normalized spacial score (nSPS) is 27.8. The lowest BCUT2D eigenvalue weighted by atomic mass is 9.75. The Morgan fingerprint density at radius 2 is 1.78 bits per heavy atom. The average molecular weight is 436 g/mol. The van der Waals surface area contributed by atoms with Gasteiger partial charge in [0.15, 0.2) is 0 Å². The van der Waals surface area contributed by atoms with Gasteiger partial charge in [-0.1, -0.05) is 18.2 Å². The molecule has 5 heterocycles. The monoisotopic (exact) mass is 435 g/mol. The van der Waals surface area contributed by atoms with Crippen LogP contribution in [0.2, 0.25) is 0 Å². The lowest BCUT2D eigenvalue weighted by molar-refractivity contribution is -0.0114. The van der Waals surface area contributed by atoms with Gasteiger partial charge in [0.2, 0.25) is 5.95 Å². The summed E-state index contributed by atoms with van der Waals surface area (Å²) in [6, 6.07) is 11.8. The van der Waals surface area contributed by atoms with Crippen LogP contribution in [0.25, 0.3) is 0 Å². The molecule has 2 aromatic rings. The molecule has 0 saturated carbocycles. The Hall–Kier alpha value is -2.71. The molecule has 2 N–H and O–H groups in total. The SMILES string of the molecule is O=C(NC[C@H]1C[C@@H]2CCN1C[C@@H]2CN1CCN(c2ncccn2)CC1)Nc1ccccc1. The fraction of sp³-hybridized carbons (Fsp3) is 0.542. The second-order valence-electron chi connectivity index (χ2n) is 9.23. The Balaban J connectivity index is 1.06. The Labute approximate surface area is 190 Å². The number of rotatable bonds is 6. The van der Waals surface area contributed by atoms with Crippen molar-refractivity contribution in [3.05, 3.63) is 48.8 Å². The predicted molar refractivity (Wildman–Crippen MR) is 126 cm³/mol. The second kappa shape index (κ2) is 9.83. The third-order valence-electron chi connectivity index (χ3n) is 7.24. The van der Waals surface area contributed by atoms with Crippen LogP contribution in [-0.2, 0) is 0 Å².